The van der Waals surface area contributed by atoms with Gasteiger partial charge in [0.15, 0.2) is 0 Å². The zero-order valence-corrected chi connectivity index (χ0v) is 14.8. The summed E-state index contributed by atoms with van der Waals surface area (Å²) in [4.78, 5) is 31.9. The molecule has 2 aromatic rings. The molecular weight excluding hydrogens is 383 g/mol. The number of carbonyl (C=O) groups excluding carboxylic acids is 2. The SMILES string of the molecule is O=C(c1cccc(C(F)(F)F)c1)N1CCN(C(=O)c2cc(Cl)ccn2)CC1. The topological polar surface area (TPSA) is 53.5 Å². The molecule has 0 saturated carbocycles. The number of hydrogen-bond acceptors (Lipinski definition) is 3. The Morgan fingerprint density at radius 1 is 0.963 bits per heavy atom. The Balaban J connectivity index is 1.65. The fraction of sp³-hybridized carbons (Fsp3) is 0.278. The molecule has 5 nitrogen and oxygen atoms in total. The molecule has 1 fully saturated rings. The fourth-order valence-corrected chi connectivity index (χ4v) is 2.97. The smallest absolute Gasteiger partial charge is 0.335 e. The zero-order valence-electron chi connectivity index (χ0n) is 14.0. The third-order valence-electron chi connectivity index (χ3n) is 4.23. The van der Waals surface area contributed by atoms with Crippen LogP contribution in [0.4, 0.5) is 13.2 Å². The molecule has 1 aromatic carbocycles. The molecule has 27 heavy (non-hydrogen) atoms. The van der Waals surface area contributed by atoms with Crippen LogP contribution in [0.2, 0.25) is 5.02 Å². The molecule has 0 radical (unpaired) electrons. The summed E-state index contributed by atoms with van der Waals surface area (Å²) >= 11 is 5.86. The average Bonchev–Trinajstić information content (AvgIpc) is 2.66. The molecule has 2 heterocycles. The predicted octanol–water partition coefficient (Wildman–Crippen LogP) is 3.35. The van der Waals surface area contributed by atoms with E-state index in [1.54, 1.807) is 6.07 Å². The number of alkyl halides is 3. The van der Waals surface area contributed by atoms with Gasteiger partial charge in [-0.3, -0.25) is 14.6 Å². The summed E-state index contributed by atoms with van der Waals surface area (Å²) < 4.78 is 38.5. The molecule has 142 valence electrons. The van der Waals surface area contributed by atoms with Gasteiger partial charge in [-0.1, -0.05) is 17.7 Å². The van der Waals surface area contributed by atoms with E-state index in [4.69, 9.17) is 11.6 Å². The molecule has 0 N–H and O–H groups in total. The van der Waals surface area contributed by atoms with Crippen LogP contribution in [0.15, 0.2) is 42.6 Å². The Bertz CT molecular complexity index is 865. The summed E-state index contributed by atoms with van der Waals surface area (Å²) in [5.74, 6) is -0.794. The van der Waals surface area contributed by atoms with E-state index in [1.165, 1.54) is 34.2 Å². The molecule has 0 aliphatic carbocycles. The van der Waals surface area contributed by atoms with E-state index in [0.717, 1.165) is 12.1 Å². The van der Waals surface area contributed by atoms with Gasteiger partial charge in [0.05, 0.1) is 5.56 Å². The monoisotopic (exact) mass is 397 g/mol. The van der Waals surface area contributed by atoms with Crippen LogP contribution in [0.5, 0.6) is 0 Å². The molecule has 1 saturated heterocycles. The minimum Gasteiger partial charge on any atom is -0.335 e. The molecule has 1 aliphatic rings. The molecule has 1 aliphatic heterocycles. The van der Waals surface area contributed by atoms with Crippen LogP contribution in [-0.2, 0) is 6.18 Å². The number of piperazine rings is 1. The van der Waals surface area contributed by atoms with Gasteiger partial charge in [0, 0.05) is 43.0 Å². The number of rotatable bonds is 2. The lowest BCUT2D eigenvalue weighted by molar-refractivity contribution is -0.137. The van der Waals surface area contributed by atoms with Crippen LogP contribution in [0.3, 0.4) is 0 Å². The number of nitrogens with zero attached hydrogens (tertiary/aromatic N) is 3. The van der Waals surface area contributed by atoms with Gasteiger partial charge >= 0.3 is 6.18 Å². The van der Waals surface area contributed by atoms with Gasteiger partial charge in [-0.15, -0.1) is 0 Å². The Morgan fingerprint density at radius 3 is 2.19 bits per heavy atom. The first-order valence-electron chi connectivity index (χ1n) is 8.13. The summed E-state index contributed by atoms with van der Waals surface area (Å²) in [5, 5.41) is 0.395. The highest BCUT2D eigenvalue weighted by Crippen LogP contribution is 2.29. The first-order valence-corrected chi connectivity index (χ1v) is 8.51. The van der Waals surface area contributed by atoms with Gasteiger partial charge in [0.2, 0.25) is 0 Å². The highest BCUT2D eigenvalue weighted by molar-refractivity contribution is 6.30. The zero-order chi connectivity index (χ0) is 19.6. The van der Waals surface area contributed by atoms with Crippen molar-refractivity contribution in [1.29, 1.82) is 0 Å². The lowest BCUT2D eigenvalue weighted by Crippen LogP contribution is -2.50. The van der Waals surface area contributed by atoms with Crippen molar-refractivity contribution >= 4 is 23.4 Å². The van der Waals surface area contributed by atoms with Crippen molar-refractivity contribution in [1.82, 2.24) is 14.8 Å². The van der Waals surface area contributed by atoms with Crippen LogP contribution >= 0.6 is 11.6 Å². The molecule has 0 spiro atoms. The minimum absolute atomic E-state index is 0.0268. The number of carbonyl (C=O) groups is 2. The van der Waals surface area contributed by atoms with E-state index in [2.05, 4.69) is 4.98 Å². The second kappa shape index (κ2) is 7.56. The van der Waals surface area contributed by atoms with Crippen LogP contribution in [0.1, 0.15) is 26.4 Å². The van der Waals surface area contributed by atoms with Gasteiger partial charge in [0.1, 0.15) is 5.69 Å². The molecule has 0 atom stereocenters. The van der Waals surface area contributed by atoms with Crippen LogP contribution in [-0.4, -0.2) is 52.8 Å². The lowest BCUT2D eigenvalue weighted by atomic mass is 10.1. The molecular formula is C18H15ClF3N3O2. The maximum Gasteiger partial charge on any atom is 0.416 e. The molecule has 9 heteroatoms. The van der Waals surface area contributed by atoms with Gasteiger partial charge < -0.3 is 9.80 Å². The lowest BCUT2D eigenvalue weighted by Gasteiger charge is -2.34. The third-order valence-corrected chi connectivity index (χ3v) is 4.47. The van der Waals surface area contributed by atoms with E-state index in [0.29, 0.717) is 5.02 Å². The Kier molecular flexibility index (Phi) is 5.36. The predicted molar refractivity (Wildman–Crippen MR) is 92.5 cm³/mol. The van der Waals surface area contributed by atoms with Crippen molar-refractivity contribution in [2.45, 2.75) is 6.18 Å². The molecule has 0 bridgehead atoms. The third kappa shape index (κ3) is 4.39. The van der Waals surface area contributed by atoms with Gasteiger partial charge in [-0.2, -0.15) is 13.2 Å². The Morgan fingerprint density at radius 2 is 1.59 bits per heavy atom. The number of benzene rings is 1. The standard InChI is InChI=1S/C18H15ClF3N3O2/c19-14-4-5-23-15(11-14)17(27)25-8-6-24(7-9-25)16(26)12-2-1-3-13(10-12)18(20,21)22/h1-5,10-11H,6-9H2. The van der Waals surface area contributed by atoms with Crippen LogP contribution in [0.25, 0.3) is 0 Å². The average molecular weight is 398 g/mol. The first kappa shape index (κ1) is 19.2. The van der Waals surface area contributed by atoms with Crippen LogP contribution in [0, 0.1) is 0 Å². The second-order valence-corrected chi connectivity index (χ2v) is 6.46. The highest BCUT2D eigenvalue weighted by atomic mass is 35.5. The second-order valence-electron chi connectivity index (χ2n) is 6.02. The molecule has 0 unspecified atom stereocenters. The van der Waals surface area contributed by atoms with Crippen molar-refractivity contribution in [3.8, 4) is 0 Å². The number of halogens is 4. The van der Waals surface area contributed by atoms with E-state index < -0.39 is 17.6 Å². The Hall–Kier alpha value is -2.61. The van der Waals surface area contributed by atoms with E-state index in [9.17, 15) is 22.8 Å². The summed E-state index contributed by atoms with van der Waals surface area (Å²) in [5.41, 5.74) is -0.685. The molecule has 2 amide bonds. The number of aromatic nitrogens is 1. The maximum atomic E-state index is 12.8. The summed E-state index contributed by atoms with van der Waals surface area (Å²) in [6, 6.07) is 7.35. The normalized spacial score (nSPS) is 15.0. The van der Waals surface area contributed by atoms with Crippen molar-refractivity contribution in [3.63, 3.8) is 0 Å². The summed E-state index contributed by atoms with van der Waals surface area (Å²) in [6.45, 7) is 0.970. The van der Waals surface area contributed by atoms with Crippen LogP contribution < -0.4 is 0 Å². The van der Waals surface area contributed by atoms with E-state index >= 15 is 0 Å². The molecule has 1 aromatic heterocycles. The van der Waals surface area contributed by atoms with E-state index in [1.807, 2.05) is 0 Å². The molecule has 3 rings (SSSR count). The van der Waals surface area contributed by atoms with Crippen molar-refractivity contribution in [2.75, 3.05) is 26.2 Å². The largest absolute Gasteiger partial charge is 0.416 e. The fourth-order valence-electron chi connectivity index (χ4n) is 2.81. The summed E-state index contributed by atoms with van der Waals surface area (Å²) in [7, 11) is 0. The first-order chi connectivity index (χ1) is 12.8. The van der Waals surface area contributed by atoms with Crippen molar-refractivity contribution in [3.05, 3.63) is 64.4 Å². The minimum atomic E-state index is -4.51. The van der Waals surface area contributed by atoms with Crippen molar-refractivity contribution in [2.24, 2.45) is 0 Å². The van der Waals surface area contributed by atoms with Gasteiger partial charge in [-0.25, -0.2) is 0 Å². The number of amides is 2. The van der Waals surface area contributed by atoms with Gasteiger partial charge in [0.25, 0.3) is 11.8 Å². The number of hydrogen-bond donors (Lipinski definition) is 0. The Labute approximate surface area is 158 Å². The number of pyridine rings is 1. The van der Waals surface area contributed by atoms with E-state index in [-0.39, 0.29) is 43.3 Å². The van der Waals surface area contributed by atoms with Gasteiger partial charge in [-0.05, 0) is 30.3 Å². The van der Waals surface area contributed by atoms with Crippen molar-refractivity contribution < 1.29 is 22.8 Å². The highest BCUT2D eigenvalue weighted by Gasteiger charge is 2.32. The maximum absolute atomic E-state index is 12.8. The quantitative estimate of drug-likeness (QED) is 0.781. The summed E-state index contributed by atoms with van der Waals surface area (Å²) in [6.07, 6.45) is -3.08.